The predicted octanol–water partition coefficient (Wildman–Crippen LogP) is 2.53. The molecule has 2 rings (SSSR count). The minimum atomic E-state index is -3.02. The lowest BCUT2D eigenvalue weighted by Gasteiger charge is -2.31. The normalized spacial score (nSPS) is 16.3. The lowest BCUT2D eigenvalue weighted by molar-refractivity contribution is -0.134. The molecular formula is C16H22ClNO4S. The molecule has 1 aliphatic rings. The Bertz CT molecular complexity index is 622. The van der Waals surface area contributed by atoms with E-state index in [2.05, 4.69) is 0 Å². The Morgan fingerprint density at radius 1 is 1.26 bits per heavy atom. The molecule has 128 valence electrons. The van der Waals surface area contributed by atoms with Crippen LogP contribution in [-0.2, 0) is 14.6 Å². The van der Waals surface area contributed by atoms with Gasteiger partial charge in [0.1, 0.15) is 5.75 Å². The summed E-state index contributed by atoms with van der Waals surface area (Å²) in [6.07, 6.45) is 1.65. The third-order valence-corrected chi connectivity index (χ3v) is 6.68. The number of carbonyl (C=O) groups is 1. The van der Waals surface area contributed by atoms with Gasteiger partial charge in [0.15, 0.2) is 16.4 Å². The number of sulfone groups is 1. The van der Waals surface area contributed by atoms with Crippen LogP contribution in [0, 0.1) is 0 Å². The van der Waals surface area contributed by atoms with Crippen LogP contribution in [0.3, 0.4) is 0 Å². The zero-order chi connectivity index (χ0) is 16.9. The second kappa shape index (κ2) is 8.02. The molecule has 0 atom stereocenters. The quantitative estimate of drug-likeness (QED) is 0.783. The van der Waals surface area contributed by atoms with Gasteiger partial charge < -0.3 is 9.64 Å². The van der Waals surface area contributed by atoms with Crippen LogP contribution in [-0.4, -0.2) is 49.9 Å². The van der Waals surface area contributed by atoms with Gasteiger partial charge in [-0.15, -0.1) is 0 Å². The summed E-state index contributed by atoms with van der Waals surface area (Å²) in [5, 5.41) is 0.294. The molecular weight excluding hydrogens is 338 g/mol. The van der Waals surface area contributed by atoms with Crippen molar-refractivity contribution in [3.63, 3.8) is 0 Å². The van der Waals surface area contributed by atoms with Crippen LogP contribution in [0.15, 0.2) is 24.3 Å². The molecule has 7 heteroatoms. The van der Waals surface area contributed by atoms with Gasteiger partial charge in [0.05, 0.1) is 11.0 Å². The monoisotopic (exact) mass is 359 g/mol. The van der Waals surface area contributed by atoms with Crippen molar-refractivity contribution in [1.82, 2.24) is 4.90 Å². The number of carbonyl (C=O) groups excluding carboxylic acids is 1. The lowest BCUT2D eigenvalue weighted by Crippen LogP contribution is -2.44. The van der Waals surface area contributed by atoms with E-state index in [1.165, 1.54) is 0 Å². The van der Waals surface area contributed by atoms with E-state index in [4.69, 9.17) is 16.3 Å². The largest absolute Gasteiger partial charge is 0.484 e. The fraction of sp³-hybridized carbons (Fsp3) is 0.562. The molecule has 0 N–H and O–H groups in total. The van der Waals surface area contributed by atoms with Gasteiger partial charge in [0.2, 0.25) is 0 Å². The topological polar surface area (TPSA) is 63.7 Å². The van der Waals surface area contributed by atoms with Crippen molar-refractivity contribution >= 4 is 27.3 Å². The Morgan fingerprint density at radius 3 is 2.43 bits per heavy atom. The van der Waals surface area contributed by atoms with E-state index in [9.17, 15) is 13.2 Å². The second-order valence-corrected chi connectivity index (χ2v) is 8.53. The highest BCUT2D eigenvalue weighted by atomic mass is 35.5. The molecule has 1 saturated heterocycles. The Hall–Kier alpha value is -1.27. The molecule has 0 spiro atoms. The van der Waals surface area contributed by atoms with Gasteiger partial charge in [-0.3, -0.25) is 4.79 Å². The maximum atomic E-state index is 12.1. The molecule has 0 aliphatic carbocycles. The summed E-state index contributed by atoms with van der Waals surface area (Å²) in [5.74, 6) is 0.695. The van der Waals surface area contributed by atoms with Crippen LogP contribution < -0.4 is 4.74 Å². The molecule has 0 saturated carbocycles. The first-order valence-electron chi connectivity index (χ1n) is 7.80. The van der Waals surface area contributed by atoms with Gasteiger partial charge in [0.25, 0.3) is 5.91 Å². The Morgan fingerprint density at radius 2 is 1.87 bits per heavy atom. The van der Waals surface area contributed by atoms with Crippen LogP contribution in [0.1, 0.15) is 26.2 Å². The van der Waals surface area contributed by atoms with E-state index >= 15 is 0 Å². The highest BCUT2D eigenvalue weighted by Gasteiger charge is 2.30. The number of halogens is 1. The van der Waals surface area contributed by atoms with Crippen LogP contribution >= 0.6 is 11.6 Å². The smallest absolute Gasteiger partial charge is 0.260 e. The molecule has 0 bridgehead atoms. The first-order chi connectivity index (χ1) is 10.9. The Balaban J connectivity index is 1.80. The summed E-state index contributed by atoms with van der Waals surface area (Å²) in [6.45, 7) is 2.76. The average Bonchev–Trinajstić information content (AvgIpc) is 2.54. The number of hydrogen-bond donors (Lipinski definition) is 0. The van der Waals surface area contributed by atoms with Crippen molar-refractivity contribution in [1.29, 1.82) is 0 Å². The molecule has 1 aliphatic heterocycles. The summed E-state index contributed by atoms with van der Waals surface area (Å²) in [6, 6.07) is 6.81. The molecule has 1 aromatic carbocycles. The van der Waals surface area contributed by atoms with Crippen LogP contribution in [0.5, 0.6) is 5.75 Å². The zero-order valence-electron chi connectivity index (χ0n) is 13.2. The Kier molecular flexibility index (Phi) is 6.30. The molecule has 5 nitrogen and oxygen atoms in total. The molecule has 1 heterocycles. The number of piperidine rings is 1. The number of hydrogen-bond acceptors (Lipinski definition) is 4. The number of likely N-dealkylation sites (tertiary alicyclic amines) is 1. The van der Waals surface area contributed by atoms with E-state index in [1.54, 1.807) is 29.2 Å². The van der Waals surface area contributed by atoms with Crippen LogP contribution in [0.25, 0.3) is 0 Å². The molecule has 0 unspecified atom stereocenters. The van der Waals surface area contributed by atoms with Crippen molar-refractivity contribution in [2.75, 3.05) is 25.4 Å². The first-order valence-corrected chi connectivity index (χ1v) is 9.89. The van der Waals surface area contributed by atoms with Crippen molar-refractivity contribution in [3.05, 3.63) is 29.3 Å². The standard InChI is InChI=1S/C16H22ClNO4S/c1-2-11-23(20,21)15-7-9-18(10-8-15)16(19)12-22-14-5-3-13(17)4-6-14/h3-6,15H,2,7-12H2,1H3. The molecule has 0 radical (unpaired) electrons. The Labute approximate surface area is 142 Å². The molecule has 1 aromatic rings. The second-order valence-electron chi connectivity index (χ2n) is 5.69. The summed E-state index contributed by atoms with van der Waals surface area (Å²) >= 11 is 5.79. The number of nitrogens with zero attached hydrogens (tertiary/aromatic N) is 1. The van der Waals surface area contributed by atoms with Gasteiger partial charge in [-0.05, 0) is 43.5 Å². The van der Waals surface area contributed by atoms with Gasteiger partial charge in [-0.2, -0.15) is 0 Å². The number of amides is 1. The molecule has 1 fully saturated rings. The average molecular weight is 360 g/mol. The van der Waals surface area contributed by atoms with Crippen molar-refractivity contribution in [2.24, 2.45) is 0 Å². The first kappa shape index (κ1) is 18.1. The van der Waals surface area contributed by atoms with Gasteiger partial charge in [-0.25, -0.2) is 8.42 Å². The van der Waals surface area contributed by atoms with Crippen molar-refractivity contribution < 1.29 is 17.9 Å². The van der Waals surface area contributed by atoms with Gasteiger partial charge >= 0.3 is 0 Å². The number of rotatable bonds is 6. The third-order valence-electron chi connectivity index (χ3n) is 3.97. The van der Waals surface area contributed by atoms with Crippen molar-refractivity contribution in [3.8, 4) is 5.75 Å². The molecule has 1 amide bonds. The predicted molar refractivity (Wildman–Crippen MR) is 90.6 cm³/mol. The van der Waals surface area contributed by atoms with E-state index in [1.807, 2.05) is 6.92 Å². The highest BCUT2D eigenvalue weighted by molar-refractivity contribution is 7.92. The fourth-order valence-corrected chi connectivity index (χ4v) is 4.64. The van der Waals surface area contributed by atoms with E-state index < -0.39 is 9.84 Å². The summed E-state index contributed by atoms with van der Waals surface area (Å²) < 4.78 is 29.6. The minimum Gasteiger partial charge on any atom is -0.484 e. The van der Waals surface area contributed by atoms with E-state index in [-0.39, 0.29) is 23.5 Å². The van der Waals surface area contributed by atoms with Crippen LogP contribution in [0.4, 0.5) is 0 Å². The lowest BCUT2D eigenvalue weighted by atomic mass is 10.1. The van der Waals surface area contributed by atoms with Crippen molar-refractivity contribution in [2.45, 2.75) is 31.4 Å². The SMILES string of the molecule is CCCS(=O)(=O)C1CCN(C(=O)COc2ccc(Cl)cc2)CC1. The van der Waals surface area contributed by atoms with E-state index in [0.29, 0.717) is 43.1 Å². The summed E-state index contributed by atoms with van der Waals surface area (Å²) in [5.41, 5.74) is 0. The van der Waals surface area contributed by atoms with E-state index in [0.717, 1.165) is 0 Å². The maximum Gasteiger partial charge on any atom is 0.260 e. The minimum absolute atomic E-state index is 0.0476. The van der Waals surface area contributed by atoms with Crippen LogP contribution in [0.2, 0.25) is 5.02 Å². The van der Waals surface area contributed by atoms with Gasteiger partial charge in [0, 0.05) is 18.1 Å². The highest BCUT2D eigenvalue weighted by Crippen LogP contribution is 2.20. The molecule has 0 aromatic heterocycles. The number of ether oxygens (including phenoxy) is 1. The zero-order valence-corrected chi connectivity index (χ0v) is 14.8. The molecule has 23 heavy (non-hydrogen) atoms. The fourth-order valence-electron chi connectivity index (χ4n) is 2.68. The maximum absolute atomic E-state index is 12.1. The third kappa shape index (κ3) is 5.11. The summed E-state index contributed by atoms with van der Waals surface area (Å²) in [4.78, 5) is 13.8. The number of benzene rings is 1. The van der Waals surface area contributed by atoms with Gasteiger partial charge in [-0.1, -0.05) is 18.5 Å². The summed E-state index contributed by atoms with van der Waals surface area (Å²) in [7, 11) is -3.02.